The Bertz CT molecular complexity index is 1440. The van der Waals surface area contributed by atoms with Gasteiger partial charge in [0.1, 0.15) is 17.7 Å². The summed E-state index contributed by atoms with van der Waals surface area (Å²) in [6.07, 6.45) is 3.28. The van der Waals surface area contributed by atoms with Gasteiger partial charge in [0.15, 0.2) is 0 Å². The maximum atomic E-state index is 6.25. The van der Waals surface area contributed by atoms with E-state index in [0.29, 0.717) is 10.0 Å². The Morgan fingerprint density at radius 2 is 1.79 bits per heavy atom. The van der Waals surface area contributed by atoms with Gasteiger partial charge in [-0.25, -0.2) is 0 Å². The number of halogens is 2. The number of anilines is 1. The number of pyridine rings is 1. The zero-order valence-electron chi connectivity index (χ0n) is 17.7. The van der Waals surface area contributed by atoms with E-state index in [-0.39, 0.29) is 6.17 Å². The molecule has 0 bridgehead atoms. The molecule has 1 aromatic heterocycles. The van der Waals surface area contributed by atoms with E-state index in [4.69, 9.17) is 32.9 Å². The monoisotopic (exact) mass is 474 g/mol. The summed E-state index contributed by atoms with van der Waals surface area (Å²) in [5.74, 6) is 1.62. The number of aromatic nitrogens is 1. The van der Waals surface area contributed by atoms with E-state index in [1.165, 1.54) is 0 Å². The van der Waals surface area contributed by atoms with E-state index in [1.807, 2.05) is 48.7 Å². The second-order valence-corrected chi connectivity index (χ2v) is 8.37. The van der Waals surface area contributed by atoms with E-state index < -0.39 is 0 Å². The predicted octanol–water partition coefficient (Wildman–Crippen LogP) is 5.16. The van der Waals surface area contributed by atoms with Gasteiger partial charge in [-0.15, -0.1) is 0 Å². The van der Waals surface area contributed by atoms with Crippen LogP contribution >= 0.6 is 23.2 Å². The fourth-order valence-electron chi connectivity index (χ4n) is 3.73. The Kier molecular flexibility index (Phi) is 5.90. The molecule has 1 atom stereocenters. The molecule has 5 rings (SSSR count). The SMILES string of the molecule is COc1cccc(-c2ccc3c(c2)=C(Nc2ccc(Cl)c(Cl)c2)NC(c2cccnc2)N=3)c1. The smallest absolute Gasteiger partial charge is 0.147 e. The van der Waals surface area contributed by atoms with Crippen LogP contribution in [-0.4, -0.2) is 12.1 Å². The number of methoxy groups -OCH3 is 1. The molecule has 3 aromatic carbocycles. The van der Waals surface area contributed by atoms with Gasteiger partial charge in [0.05, 0.1) is 22.5 Å². The second kappa shape index (κ2) is 9.14. The molecular formula is C26H20Cl2N4O. The third kappa shape index (κ3) is 4.51. The zero-order chi connectivity index (χ0) is 22.8. The highest BCUT2D eigenvalue weighted by Gasteiger charge is 2.17. The minimum absolute atomic E-state index is 0.279. The van der Waals surface area contributed by atoms with Crippen molar-refractivity contribution < 1.29 is 4.74 Å². The van der Waals surface area contributed by atoms with Crippen molar-refractivity contribution in [1.29, 1.82) is 0 Å². The van der Waals surface area contributed by atoms with Crippen LogP contribution in [0.3, 0.4) is 0 Å². The van der Waals surface area contributed by atoms with Gasteiger partial charge in [-0.1, -0.05) is 47.5 Å². The van der Waals surface area contributed by atoms with Gasteiger partial charge >= 0.3 is 0 Å². The second-order valence-electron chi connectivity index (χ2n) is 7.56. The van der Waals surface area contributed by atoms with Crippen molar-refractivity contribution in [3.05, 3.63) is 111 Å². The van der Waals surface area contributed by atoms with Crippen LogP contribution in [0.1, 0.15) is 11.7 Å². The van der Waals surface area contributed by atoms with Crippen molar-refractivity contribution in [3.8, 4) is 16.9 Å². The summed E-state index contributed by atoms with van der Waals surface area (Å²) in [6.45, 7) is 0. The predicted molar refractivity (Wildman–Crippen MR) is 133 cm³/mol. The summed E-state index contributed by atoms with van der Waals surface area (Å²) in [6, 6.07) is 23.6. The first-order valence-corrected chi connectivity index (χ1v) is 11.1. The lowest BCUT2D eigenvalue weighted by atomic mass is 10.0. The summed E-state index contributed by atoms with van der Waals surface area (Å²) in [5, 5.41) is 9.78. The van der Waals surface area contributed by atoms with E-state index in [2.05, 4.69) is 33.8 Å². The Morgan fingerprint density at radius 1 is 0.909 bits per heavy atom. The first-order chi connectivity index (χ1) is 16.1. The first kappa shape index (κ1) is 21.3. The molecule has 0 radical (unpaired) electrons. The molecule has 7 heteroatoms. The molecule has 2 N–H and O–H groups in total. The largest absolute Gasteiger partial charge is 0.497 e. The number of ether oxygens (including phenoxy) is 1. The van der Waals surface area contributed by atoms with Crippen LogP contribution in [0.4, 0.5) is 5.69 Å². The molecule has 4 aromatic rings. The number of hydrogen-bond acceptors (Lipinski definition) is 5. The fourth-order valence-corrected chi connectivity index (χ4v) is 4.03. The highest BCUT2D eigenvalue weighted by molar-refractivity contribution is 6.42. The van der Waals surface area contributed by atoms with Crippen LogP contribution in [0, 0.1) is 0 Å². The number of nitrogens with one attached hydrogen (secondary N) is 2. The average molecular weight is 475 g/mol. The summed E-state index contributed by atoms with van der Waals surface area (Å²) < 4.78 is 5.40. The highest BCUT2D eigenvalue weighted by atomic mass is 35.5. The van der Waals surface area contributed by atoms with Gasteiger partial charge in [0.25, 0.3) is 0 Å². The Morgan fingerprint density at radius 3 is 2.58 bits per heavy atom. The summed E-state index contributed by atoms with van der Waals surface area (Å²) in [5.41, 5.74) is 3.89. The van der Waals surface area contributed by atoms with Crippen molar-refractivity contribution in [2.24, 2.45) is 4.99 Å². The zero-order valence-corrected chi connectivity index (χ0v) is 19.2. The molecule has 0 spiro atoms. The molecule has 1 aliphatic heterocycles. The van der Waals surface area contributed by atoms with Crippen molar-refractivity contribution >= 4 is 34.7 Å². The normalized spacial score (nSPS) is 14.6. The molecular weight excluding hydrogens is 455 g/mol. The van der Waals surface area contributed by atoms with Crippen molar-refractivity contribution in [1.82, 2.24) is 10.3 Å². The molecule has 0 aliphatic carbocycles. The third-order valence-corrected chi connectivity index (χ3v) is 6.15. The van der Waals surface area contributed by atoms with Crippen LogP contribution < -0.4 is 25.9 Å². The Labute approximate surface area is 201 Å². The Hall–Kier alpha value is -3.54. The molecule has 164 valence electrons. The number of benzene rings is 3. The quantitative estimate of drug-likeness (QED) is 0.419. The van der Waals surface area contributed by atoms with Crippen LogP contribution in [0.5, 0.6) is 5.75 Å². The lowest BCUT2D eigenvalue weighted by Gasteiger charge is -2.24. The standard InChI is InChI=1S/C26H20Cl2N4O/c1-33-20-6-2-4-16(12-20)17-7-10-24-21(13-17)26(30-19-8-9-22(27)23(28)14-19)32-25(31-24)18-5-3-11-29-15-18/h2-15,25,30,32H,1H3. The molecule has 0 saturated carbocycles. The van der Waals surface area contributed by atoms with Crippen LogP contribution in [0.2, 0.25) is 10.0 Å². The first-order valence-electron chi connectivity index (χ1n) is 10.4. The number of rotatable bonds is 5. The Balaban J connectivity index is 1.64. The van der Waals surface area contributed by atoms with Gasteiger partial charge in [-0.05, 0) is 59.7 Å². The number of fused-ring (bicyclic) bond motifs is 1. The number of nitrogens with zero attached hydrogens (tertiary/aromatic N) is 2. The minimum atomic E-state index is -0.279. The van der Waals surface area contributed by atoms with Crippen LogP contribution in [0.25, 0.3) is 16.9 Å². The molecule has 0 saturated heterocycles. The van der Waals surface area contributed by atoms with Gasteiger partial charge in [0.2, 0.25) is 0 Å². The average Bonchev–Trinajstić information content (AvgIpc) is 2.86. The summed E-state index contributed by atoms with van der Waals surface area (Å²) in [4.78, 5) is 9.17. The molecule has 5 nitrogen and oxygen atoms in total. The molecule has 1 aliphatic rings. The van der Waals surface area contributed by atoms with Crippen molar-refractivity contribution in [3.63, 3.8) is 0 Å². The maximum Gasteiger partial charge on any atom is 0.147 e. The molecule has 2 heterocycles. The maximum absolute atomic E-state index is 6.25. The molecule has 1 unspecified atom stereocenters. The van der Waals surface area contributed by atoms with E-state index in [1.54, 1.807) is 25.4 Å². The third-order valence-electron chi connectivity index (χ3n) is 5.41. The van der Waals surface area contributed by atoms with Crippen molar-refractivity contribution in [2.45, 2.75) is 6.17 Å². The van der Waals surface area contributed by atoms with Gasteiger partial charge in [0, 0.05) is 28.9 Å². The minimum Gasteiger partial charge on any atom is -0.497 e. The lowest BCUT2D eigenvalue weighted by molar-refractivity contribution is 0.415. The summed E-state index contributed by atoms with van der Waals surface area (Å²) >= 11 is 12.4. The van der Waals surface area contributed by atoms with Crippen LogP contribution in [0.15, 0.2) is 90.2 Å². The van der Waals surface area contributed by atoms with Crippen LogP contribution in [-0.2, 0) is 0 Å². The summed E-state index contributed by atoms with van der Waals surface area (Å²) in [7, 11) is 1.67. The van der Waals surface area contributed by atoms with Crippen molar-refractivity contribution in [2.75, 3.05) is 12.4 Å². The van der Waals surface area contributed by atoms with Gasteiger partial charge in [-0.3, -0.25) is 9.98 Å². The van der Waals surface area contributed by atoms with Gasteiger partial charge in [-0.2, -0.15) is 0 Å². The fraction of sp³-hybridized carbons (Fsp3) is 0.0769. The number of hydrogen-bond donors (Lipinski definition) is 2. The van der Waals surface area contributed by atoms with E-state index in [9.17, 15) is 0 Å². The molecule has 0 amide bonds. The van der Waals surface area contributed by atoms with E-state index >= 15 is 0 Å². The highest BCUT2D eigenvalue weighted by Crippen LogP contribution is 2.27. The lowest BCUT2D eigenvalue weighted by Crippen LogP contribution is -2.42. The van der Waals surface area contributed by atoms with Gasteiger partial charge < -0.3 is 15.4 Å². The van der Waals surface area contributed by atoms with E-state index in [0.717, 1.165) is 44.5 Å². The topological polar surface area (TPSA) is 58.5 Å². The molecule has 0 fully saturated rings. The molecule has 33 heavy (non-hydrogen) atoms.